The molecule has 3 aliphatic rings. The summed E-state index contributed by atoms with van der Waals surface area (Å²) in [6.45, 7) is 1.01. The third kappa shape index (κ3) is 3.59. The van der Waals surface area contributed by atoms with Crippen LogP contribution in [0.5, 0.6) is 0 Å². The lowest BCUT2D eigenvalue weighted by atomic mass is 9.84. The molecule has 1 heterocycles. The third-order valence-corrected chi connectivity index (χ3v) is 7.38. The Morgan fingerprint density at radius 1 is 1.14 bits per heavy atom. The number of esters is 1. The number of carbonyl (C=O) groups is 1. The van der Waals surface area contributed by atoms with Crippen LogP contribution in [0.15, 0.2) is 30.3 Å². The number of nitrogens with zero attached hydrogens (tertiary/aromatic N) is 3. The Labute approximate surface area is 172 Å². The van der Waals surface area contributed by atoms with Gasteiger partial charge < -0.3 is 14.6 Å². The zero-order valence-electron chi connectivity index (χ0n) is 17.1. The Morgan fingerprint density at radius 2 is 1.93 bits per heavy atom. The van der Waals surface area contributed by atoms with Crippen LogP contribution in [0.2, 0.25) is 0 Å². The Bertz CT molecular complexity index is 861. The van der Waals surface area contributed by atoms with Crippen molar-refractivity contribution in [2.75, 3.05) is 0 Å². The van der Waals surface area contributed by atoms with Crippen molar-refractivity contribution in [3.63, 3.8) is 0 Å². The highest BCUT2D eigenvalue weighted by molar-refractivity contribution is 5.74. The standard InChI is InChI=1S/C23H30N4O2/c1-27-19(25-26-22(27)16-8-5-9-16)13-24-21-18-11-10-17(12-18)20(21)23(28)29-14-15-6-3-2-4-7-15/h2-4,6-7,16-18,20-21,24H,5,8-14H2,1H3/t17-,18-,20-,21-/m0/s1. The molecule has 3 aliphatic carbocycles. The van der Waals surface area contributed by atoms with Gasteiger partial charge in [0.25, 0.3) is 0 Å². The fourth-order valence-corrected chi connectivity index (χ4v) is 5.51. The maximum Gasteiger partial charge on any atom is 0.311 e. The van der Waals surface area contributed by atoms with Crippen molar-refractivity contribution in [2.45, 2.75) is 63.6 Å². The van der Waals surface area contributed by atoms with Gasteiger partial charge in [-0.1, -0.05) is 36.8 Å². The van der Waals surface area contributed by atoms with Crippen LogP contribution >= 0.6 is 0 Å². The zero-order valence-corrected chi connectivity index (χ0v) is 17.1. The number of benzene rings is 1. The molecule has 0 amide bonds. The van der Waals surface area contributed by atoms with Gasteiger partial charge in [-0.25, -0.2) is 0 Å². The molecule has 0 unspecified atom stereocenters. The summed E-state index contributed by atoms with van der Waals surface area (Å²) in [6.07, 6.45) is 7.22. The summed E-state index contributed by atoms with van der Waals surface area (Å²) in [5, 5.41) is 12.5. The molecule has 6 nitrogen and oxygen atoms in total. The number of hydrogen-bond acceptors (Lipinski definition) is 5. The maximum absolute atomic E-state index is 12.9. The number of aromatic nitrogens is 3. The topological polar surface area (TPSA) is 69.0 Å². The Balaban J connectivity index is 1.22. The molecular weight excluding hydrogens is 364 g/mol. The minimum atomic E-state index is -0.0494. The highest BCUT2D eigenvalue weighted by Gasteiger charge is 2.51. The van der Waals surface area contributed by atoms with Gasteiger partial charge in [-0.05, 0) is 49.5 Å². The molecule has 29 heavy (non-hydrogen) atoms. The van der Waals surface area contributed by atoms with Crippen molar-refractivity contribution >= 4 is 5.97 Å². The second-order valence-electron chi connectivity index (χ2n) is 9.02. The average Bonchev–Trinajstić information content (AvgIpc) is 3.40. The summed E-state index contributed by atoms with van der Waals surface area (Å²) >= 11 is 0. The maximum atomic E-state index is 12.9. The first-order valence-corrected chi connectivity index (χ1v) is 11.0. The molecule has 2 bridgehead atoms. The van der Waals surface area contributed by atoms with E-state index in [4.69, 9.17) is 4.74 Å². The summed E-state index contributed by atoms with van der Waals surface area (Å²) in [5.41, 5.74) is 1.04. The van der Waals surface area contributed by atoms with Gasteiger partial charge in [0.05, 0.1) is 12.5 Å². The van der Waals surface area contributed by atoms with Crippen LogP contribution in [0.3, 0.4) is 0 Å². The van der Waals surface area contributed by atoms with Gasteiger partial charge in [0, 0.05) is 19.0 Å². The molecule has 1 aromatic heterocycles. The van der Waals surface area contributed by atoms with E-state index in [1.54, 1.807) is 0 Å². The molecule has 3 saturated carbocycles. The summed E-state index contributed by atoms with van der Waals surface area (Å²) in [7, 11) is 2.07. The van der Waals surface area contributed by atoms with Crippen molar-refractivity contribution in [2.24, 2.45) is 24.8 Å². The van der Waals surface area contributed by atoms with Crippen LogP contribution in [0.1, 0.15) is 61.7 Å². The Hall–Kier alpha value is -2.21. The number of carbonyl (C=O) groups excluding carboxylic acids is 1. The van der Waals surface area contributed by atoms with Gasteiger partial charge in [0.1, 0.15) is 18.3 Å². The second kappa shape index (κ2) is 7.90. The lowest BCUT2D eigenvalue weighted by Crippen LogP contribution is -2.44. The van der Waals surface area contributed by atoms with E-state index < -0.39 is 0 Å². The zero-order chi connectivity index (χ0) is 19.8. The first-order valence-electron chi connectivity index (χ1n) is 11.0. The minimum Gasteiger partial charge on any atom is -0.461 e. The number of rotatable bonds is 7. The first-order chi connectivity index (χ1) is 14.2. The summed E-state index contributed by atoms with van der Waals surface area (Å²) in [6, 6.07) is 10.1. The van der Waals surface area contributed by atoms with Crippen molar-refractivity contribution < 1.29 is 9.53 Å². The van der Waals surface area contributed by atoms with Crippen LogP contribution in [0.4, 0.5) is 0 Å². The molecule has 0 spiro atoms. The molecule has 0 radical (unpaired) electrons. The number of nitrogens with one attached hydrogen (secondary N) is 1. The lowest BCUT2D eigenvalue weighted by Gasteiger charge is -2.30. The van der Waals surface area contributed by atoms with Crippen LogP contribution < -0.4 is 5.32 Å². The Morgan fingerprint density at radius 3 is 2.69 bits per heavy atom. The van der Waals surface area contributed by atoms with Crippen LogP contribution in [-0.2, 0) is 29.7 Å². The molecule has 154 valence electrons. The quantitative estimate of drug-likeness (QED) is 0.730. The number of fused-ring (bicyclic) bond motifs is 2. The van der Waals surface area contributed by atoms with Crippen LogP contribution in [-0.4, -0.2) is 26.8 Å². The summed E-state index contributed by atoms with van der Waals surface area (Å²) < 4.78 is 7.86. The van der Waals surface area contributed by atoms with Gasteiger partial charge in [-0.3, -0.25) is 4.79 Å². The van der Waals surface area contributed by atoms with Crippen molar-refractivity contribution in [1.82, 2.24) is 20.1 Å². The molecule has 3 fully saturated rings. The van der Waals surface area contributed by atoms with Crippen LogP contribution in [0, 0.1) is 17.8 Å². The van der Waals surface area contributed by atoms with Gasteiger partial charge in [-0.2, -0.15) is 0 Å². The van der Waals surface area contributed by atoms with Crippen molar-refractivity contribution in [3.8, 4) is 0 Å². The van der Waals surface area contributed by atoms with E-state index in [1.807, 2.05) is 30.3 Å². The van der Waals surface area contributed by atoms with E-state index >= 15 is 0 Å². The van der Waals surface area contributed by atoms with Crippen LogP contribution in [0.25, 0.3) is 0 Å². The summed E-state index contributed by atoms with van der Waals surface area (Å²) in [5.74, 6) is 3.57. The smallest absolute Gasteiger partial charge is 0.311 e. The van der Waals surface area contributed by atoms with Gasteiger partial charge >= 0.3 is 5.97 Å². The Kier molecular flexibility index (Phi) is 5.12. The van der Waals surface area contributed by atoms with Crippen molar-refractivity contribution in [1.29, 1.82) is 0 Å². The fourth-order valence-electron chi connectivity index (χ4n) is 5.51. The molecule has 2 aromatic rings. The molecule has 5 rings (SSSR count). The first kappa shape index (κ1) is 18.8. The van der Waals surface area contributed by atoms with E-state index in [0.29, 0.717) is 30.9 Å². The average molecular weight is 395 g/mol. The third-order valence-electron chi connectivity index (χ3n) is 7.38. The predicted octanol–water partition coefficient (Wildman–Crippen LogP) is 3.33. The monoisotopic (exact) mass is 394 g/mol. The van der Waals surface area contributed by atoms with Crippen molar-refractivity contribution in [3.05, 3.63) is 47.5 Å². The lowest BCUT2D eigenvalue weighted by molar-refractivity contribution is -0.152. The molecule has 1 N–H and O–H groups in total. The second-order valence-corrected chi connectivity index (χ2v) is 9.02. The summed E-state index contributed by atoms with van der Waals surface area (Å²) in [4.78, 5) is 12.9. The number of ether oxygens (including phenoxy) is 1. The molecule has 1 aromatic carbocycles. The van der Waals surface area contributed by atoms with Gasteiger partial charge in [0.2, 0.25) is 0 Å². The van der Waals surface area contributed by atoms with Gasteiger partial charge in [0.15, 0.2) is 0 Å². The van der Waals surface area contributed by atoms with E-state index in [0.717, 1.165) is 30.1 Å². The number of hydrogen-bond donors (Lipinski definition) is 1. The molecule has 6 heteroatoms. The van der Waals surface area contributed by atoms with E-state index in [1.165, 1.54) is 25.7 Å². The predicted molar refractivity (Wildman–Crippen MR) is 109 cm³/mol. The van der Waals surface area contributed by atoms with E-state index in [2.05, 4.69) is 27.1 Å². The molecular formula is C23H30N4O2. The normalized spacial score (nSPS) is 28.4. The van der Waals surface area contributed by atoms with E-state index in [9.17, 15) is 4.79 Å². The largest absolute Gasteiger partial charge is 0.461 e. The molecule has 0 saturated heterocycles. The highest BCUT2D eigenvalue weighted by Crippen LogP contribution is 2.49. The minimum absolute atomic E-state index is 0.0446. The highest BCUT2D eigenvalue weighted by atomic mass is 16.5. The molecule has 0 aliphatic heterocycles. The SMILES string of the molecule is Cn1c(CN[C@H]2[C@H]3CC[C@@H](C3)[C@@H]2C(=O)OCc2ccccc2)nnc1C1CCC1. The van der Waals surface area contributed by atoms with E-state index in [-0.39, 0.29) is 17.9 Å². The van der Waals surface area contributed by atoms with Gasteiger partial charge in [-0.15, -0.1) is 10.2 Å². The fraction of sp³-hybridized carbons (Fsp3) is 0.609. The molecule has 4 atom stereocenters.